The van der Waals surface area contributed by atoms with Gasteiger partial charge in [-0.3, -0.25) is 9.89 Å². The number of nitrogens with one attached hydrogen (secondary N) is 1. The van der Waals surface area contributed by atoms with Crippen molar-refractivity contribution in [2.45, 2.75) is 13.5 Å². The number of carbonyl (C=O) groups excluding carboxylic acids is 1. The van der Waals surface area contributed by atoms with E-state index in [1.165, 1.54) is 11.2 Å². The molecule has 0 bridgehead atoms. The molecule has 0 aliphatic carbocycles. The van der Waals surface area contributed by atoms with Crippen molar-refractivity contribution < 1.29 is 9.53 Å². The molecule has 7 heteroatoms. The second-order valence-electron chi connectivity index (χ2n) is 4.40. The Balaban J connectivity index is 1.88. The van der Waals surface area contributed by atoms with Crippen molar-refractivity contribution >= 4 is 21.8 Å². The van der Waals surface area contributed by atoms with Gasteiger partial charge in [-0.2, -0.15) is 5.10 Å². The zero-order chi connectivity index (χ0) is 14.5. The summed E-state index contributed by atoms with van der Waals surface area (Å²) in [5.41, 5.74) is 1.12. The molecule has 1 aromatic carbocycles. The molecule has 0 aliphatic rings. The van der Waals surface area contributed by atoms with Crippen LogP contribution in [0.3, 0.4) is 0 Å². The molecule has 1 N–H and O–H groups in total. The number of hydrogen-bond acceptors (Lipinski definition) is 4. The molecule has 0 saturated carbocycles. The highest BCUT2D eigenvalue weighted by Crippen LogP contribution is 2.25. The minimum atomic E-state index is -0.131. The molecule has 0 atom stereocenters. The number of H-pyrrole nitrogens is 1. The summed E-state index contributed by atoms with van der Waals surface area (Å²) in [6, 6.07) is 5.71. The van der Waals surface area contributed by atoms with Gasteiger partial charge in [-0.15, -0.1) is 0 Å². The second kappa shape index (κ2) is 6.51. The van der Waals surface area contributed by atoms with Gasteiger partial charge in [0.25, 0.3) is 5.91 Å². The van der Waals surface area contributed by atoms with E-state index in [1.54, 1.807) is 7.05 Å². The Morgan fingerprint density at radius 1 is 1.50 bits per heavy atom. The van der Waals surface area contributed by atoms with Gasteiger partial charge in [0.1, 0.15) is 17.9 Å². The average molecular weight is 339 g/mol. The van der Waals surface area contributed by atoms with Crippen LogP contribution in [0, 0.1) is 6.92 Å². The van der Waals surface area contributed by atoms with Gasteiger partial charge in [-0.05, 0) is 40.5 Å². The number of amides is 1. The van der Waals surface area contributed by atoms with E-state index in [4.69, 9.17) is 4.74 Å². The summed E-state index contributed by atoms with van der Waals surface area (Å²) in [4.78, 5) is 17.4. The highest BCUT2D eigenvalue weighted by Gasteiger charge is 2.12. The third-order valence-electron chi connectivity index (χ3n) is 2.72. The number of likely N-dealkylation sites (N-methyl/N-ethyl adjacent to an activating group) is 1. The van der Waals surface area contributed by atoms with Crippen LogP contribution < -0.4 is 4.74 Å². The number of hydrogen-bond donors (Lipinski definition) is 1. The van der Waals surface area contributed by atoms with Crippen LogP contribution in [0.2, 0.25) is 0 Å². The average Bonchev–Trinajstić information content (AvgIpc) is 2.90. The number of carbonyl (C=O) groups is 1. The number of aryl methyl sites for hydroxylation is 1. The molecule has 0 unspecified atom stereocenters. The highest BCUT2D eigenvalue weighted by atomic mass is 79.9. The number of halogens is 1. The minimum Gasteiger partial charge on any atom is -0.483 e. The highest BCUT2D eigenvalue weighted by molar-refractivity contribution is 9.10. The molecular formula is C13H15BrN4O2. The van der Waals surface area contributed by atoms with Gasteiger partial charge in [0, 0.05) is 7.05 Å². The maximum atomic E-state index is 11.9. The van der Waals surface area contributed by atoms with Gasteiger partial charge in [-0.1, -0.05) is 6.07 Å². The predicted octanol–water partition coefficient (Wildman–Crippen LogP) is 1.91. The Bertz CT molecular complexity index is 586. The lowest BCUT2D eigenvalue weighted by atomic mass is 10.2. The third kappa shape index (κ3) is 3.80. The first kappa shape index (κ1) is 14.5. The number of rotatable bonds is 5. The Hall–Kier alpha value is -1.89. The van der Waals surface area contributed by atoms with Gasteiger partial charge >= 0.3 is 0 Å². The van der Waals surface area contributed by atoms with Gasteiger partial charge in [0.05, 0.1) is 11.0 Å². The number of benzene rings is 1. The lowest BCUT2D eigenvalue weighted by molar-refractivity contribution is -0.132. The summed E-state index contributed by atoms with van der Waals surface area (Å²) in [5.74, 6) is 1.16. The minimum absolute atomic E-state index is 0.0215. The van der Waals surface area contributed by atoms with Crippen LogP contribution >= 0.6 is 15.9 Å². The van der Waals surface area contributed by atoms with Crippen molar-refractivity contribution in [3.63, 3.8) is 0 Å². The first-order valence-corrected chi connectivity index (χ1v) is 6.82. The van der Waals surface area contributed by atoms with Crippen molar-refractivity contribution in [2.24, 2.45) is 0 Å². The Morgan fingerprint density at radius 2 is 2.30 bits per heavy atom. The van der Waals surface area contributed by atoms with E-state index in [0.717, 1.165) is 10.0 Å². The van der Waals surface area contributed by atoms with Crippen LogP contribution in [0.4, 0.5) is 0 Å². The number of aromatic amines is 1. The molecule has 0 fully saturated rings. The van der Waals surface area contributed by atoms with E-state index < -0.39 is 0 Å². The Morgan fingerprint density at radius 3 is 2.95 bits per heavy atom. The van der Waals surface area contributed by atoms with Gasteiger partial charge in [-0.25, -0.2) is 4.98 Å². The van der Waals surface area contributed by atoms with E-state index in [0.29, 0.717) is 18.1 Å². The largest absolute Gasteiger partial charge is 0.483 e. The van der Waals surface area contributed by atoms with Gasteiger partial charge in [0.2, 0.25) is 0 Å². The normalized spacial score (nSPS) is 10.3. The van der Waals surface area contributed by atoms with Crippen LogP contribution in [-0.2, 0) is 11.3 Å². The summed E-state index contributed by atoms with van der Waals surface area (Å²) in [5, 5.41) is 6.45. The van der Waals surface area contributed by atoms with Crippen molar-refractivity contribution in [3.05, 3.63) is 40.4 Å². The first-order chi connectivity index (χ1) is 9.56. The maximum Gasteiger partial charge on any atom is 0.260 e. The molecule has 0 radical (unpaired) electrons. The van der Waals surface area contributed by atoms with Crippen LogP contribution in [0.5, 0.6) is 5.75 Å². The lowest BCUT2D eigenvalue weighted by Gasteiger charge is -2.16. The molecule has 2 aromatic rings. The zero-order valence-corrected chi connectivity index (χ0v) is 12.8. The lowest BCUT2D eigenvalue weighted by Crippen LogP contribution is -2.31. The fourth-order valence-electron chi connectivity index (χ4n) is 1.59. The Labute approximate surface area is 125 Å². The topological polar surface area (TPSA) is 71.1 Å². The number of nitrogens with zero attached hydrogens (tertiary/aromatic N) is 3. The molecule has 106 valence electrons. The van der Waals surface area contributed by atoms with Crippen LogP contribution in [0.1, 0.15) is 11.4 Å². The van der Waals surface area contributed by atoms with E-state index in [2.05, 4.69) is 31.1 Å². The quantitative estimate of drug-likeness (QED) is 0.903. The van der Waals surface area contributed by atoms with Gasteiger partial charge < -0.3 is 9.64 Å². The second-order valence-corrected chi connectivity index (χ2v) is 5.26. The van der Waals surface area contributed by atoms with Crippen molar-refractivity contribution in [3.8, 4) is 5.75 Å². The molecule has 6 nitrogen and oxygen atoms in total. The molecule has 20 heavy (non-hydrogen) atoms. The summed E-state index contributed by atoms with van der Waals surface area (Å²) >= 11 is 3.41. The van der Waals surface area contributed by atoms with Crippen molar-refractivity contribution in [1.82, 2.24) is 20.1 Å². The maximum absolute atomic E-state index is 11.9. The zero-order valence-electron chi connectivity index (χ0n) is 11.3. The van der Waals surface area contributed by atoms with Crippen molar-refractivity contribution in [2.75, 3.05) is 13.7 Å². The predicted molar refractivity (Wildman–Crippen MR) is 77.2 cm³/mol. The molecular weight excluding hydrogens is 324 g/mol. The van der Waals surface area contributed by atoms with Crippen LogP contribution in [0.15, 0.2) is 29.0 Å². The van der Waals surface area contributed by atoms with Crippen molar-refractivity contribution in [1.29, 1.82) is 0 Å². The Kier molecular flexibility index (Phi) is 4.73. The van der Waals surface area contributed by atoms with E-state index in [9.17, 15) is 4.79 Å². The van der Waals surface area contributed by atoms with Gasteiger partial charge in [0.15, 0.2) is 6.61 Å². The standard InChI is InChI=1S/C13H15BrN4O2/c1-9-3-4-11(10(14)5-9)20-7-13(19)18(2)6-12-15-8-16-17-12/h3-5,8H,6-7H2,1-2H3,(H,15,16,17). The fraction of sp³-hybridized carbons (Fsp3) is 0.308. The van der Waals surface area contributed by atoms with E-state index >= 15 is 0 Å². The van der Waals surface area contributed by atoms with E-state index in [-0.39, 0.29) is 12.5 Å². The molecule has 1 heterocycles. The van der Waals surface area contributed by atoms with Crippen LogP contribution in [0.25, 0.3) is 0 Å². The first-order valence-electron chi connectivity index (χ1n) is 6.03. The molecule has 1 amide bonds. The molecule has 2 rings (SSSR count). The third-order valence-corrected chi connectivity index (χ3v) is 3.34. The summed E-state index contributed by atoms with van der Waals surface area (Å²) in [6.45, 7) is 2.34. The smallest absolute Gasteiger partial charge is 0.260 e. The summed E-state index contributed by atoms with van der Waals surface area (Å²) in [7, 11) is 1.69. The molecule has 1 aromatic heterocycles. The van der Waals surface area contributed by atoms with Crippen LogP contribution in [-0.4, -0.2) is 39.6 Å². The molecule has 0 saturated heterocycles. The fourth-order valence-corrected chi connectivity index (χ4v) is 2.20. The van der Waals surface area contributed by atoms with E-state index in [1.807, 2.05) is 25.1 Å². The SMILES string of the molecule is Cc1ccc(OCC(=O)N(C)Cc2ncn[nH]2)c(Br)c1. The number of ether oxygens (including phenoxy) is 1. The molecule has 0 spiro atoms. The summed E-state index contributed by atoms with van der Waals surface area (Å²) < 4.78 is 6.35. The number of aromatic nitrogens is 3. The molecule has 0 aliphatic heterocycles. The summed E-state index contributed by atoms with van der Waals surface area (Å²) in [6.07, 6.45) is 1.41. The monoisotopic (exact) mass is 338 g/mol.